The van der Waals surface area contributed by atoms with E-state index < -0.39 is 16.1 Å². The van der Waals surface area contributed by atoms with Crippen LogP contribution in [0, 0.1) is 6.92 Å². The number of aryl methyl sites for hydroxylation is 2. The Balaban J connectivity index is 0.00000364. The second kappa shape index (κ2) is 10.6. The van der Waals surface area contributed by atoms with Crippen molar-refractivity contribution in [3.05, 3.63) is 59.2 Å². The first kappa shape index (κ1) is 23.4. The van der Waals surface area contributed by atoms with Crippen LogP contribution in [0.2, 0.25) is 0 Å². The molecule has 2 rings (SSSR count). The summed E-state index contributed by atoms with van der Waals surface area (Å²) in [5, 5.41) is 18.6. The standard InChI is InChI=1S/C19H26N2O4S.ClH/c1-3-15-6-4-5-7-18(15)25-11-10-21-13-17(22)16-9-8-14(2)19(12-16)26(20,23)24;/h4-9,12,17,21-22H,3,10-11,13H2,1-2H3,(H2,20,23,24);1H. The number of aliphatic hydroxyl groups is 1. The minimum Gasteiger partial charge on any atom is -0.492 e. The van der Waals surface area contributed by atoms with Gasteiger partial charge in [0.1, 0.15) is 12.4 Å². The van der Waals surface area contributed by atoms with Crippen LogP contribution in [0.4, 0.5) is 0 Å². The number of para-hydroxylation sites is 1. The number of nitrogens with one attached hydrogen (secondary N) is 1. The van der Waals surface area contributed by atoms with Crippen LogP contribution < -0.4 is 15.2 Å². The van der Waals surface area contributed by atoms with Crippen LogP contribution in [-0.2, 0) is 16.4 Å². The Hall–Kier alpha value is -1.64. The molecule has 0 saturated carbocycles. The number of benzene rings is 2. The van der Waals surface area contributed by atoms with Gasteiger partial charge in [-0.05, 0) is 42.2 Å². The molecule has 0 aliphatic carbocycles. The summed E-state index contributed by atoms with van der Waals surface area (Å²) in [6.07, 6.45) is 0.0707. The number of hydrogen-bond acceptors (Lipinski definition) is 5. The Bertz CT molecular complexity index is 843. The fraction of sp³-hybridized carbons (Fsp3) is 0.368. The molecule has 0 aliphatic heterocycles. The van der Waals surface area contributed by atoms with Crippen molar-refractivity contribution in [3.63, 3.8) is 0 Å². The van der Waals surface area contributed by atoms with Gasteiger partial charge >= 0.3 is 0 Å². The molecule has 2 aromatic carbocycles. The number of halogens is 1. The van der Waals surface area contributed by atoms with E-state index in [0.717, 1.165) is 17.7 Å². The number of nitrogens with two attached hydrogens (primary N) is 1. The zero-order valence-electron chi connectivity index (χ0n) is 15.5. The largest absolute Gasteiger partial charge is 0.492 e. The highest BCUT2D eigenvalue weighted by atomic mass is 35.5. The molecule has 0 amide bonds. The first-order chi connectivity index (χ1) is 12.3. The quantitative estimate of drug-likeness (QED) is 0.546. The second-order valence-corrected chi connectivity index (χ2v) is 7.63. The van der Waals surface area contributed by atoms with E-state index in [1.165, 1.54) is 6.07 Å². The second-order valence-electron chi connectivity index (χ2n) is 6.10. The van der Waals surface area contributed by atoms with Crippen LogP contribution in [0.1, 0.15) is 29.7 Å². The third kappa shape index (κ3) is 6.79. The van der Waals surface area contributed by atoms with E-state index in [2.05, 4.69) is 12.2 Å². The molecule has 1 unspecified atom stereocenters. The van der Waals surface area contributed by atoms with E-state index in [1.54, 1.807) is 19.1 Å². The lowest BCUT2D eigenvalue weighted by molar-refractivity contribution is 0.171. The predicted molar refractivity (Wildman–Crippen MR) is 109 cm³/mol. The van der Waals surface area contributed by atoms with E-state index in [1.807, 2.05) is 24.3 Å². The summed E-state index contributed by atoms with van der Waals surface area (Å²) in [4.78, 5) is 0.0357. The average molecular weight is 415 g/mol. The number of aliphatic hydroxyl groups excluding tert-OH is 1. The number of rotatable bonds is 9. The Morgan fingerprint density at radius 1 is 1.22 bits per heavy atom. The van der Waals surface area contributed by atoms with Gasteiger partial charge in [0.15, 0.2) is 0 Å². The summed E-state index contributed by atoms with van der Waals surface area (Å²) in [6, 6.07) is 12.7. The molecular formula is C19H27ClN2O4S. The van der Waals surface area contributed by atoms with Gasteiger partial charge in [-0.3, -0.25) is 0 Å². The van der Waals surface area contributed by atoms with Gasteiger partial charge in [-0.2, -0.15) is 0 Å². The van der Waals surface area contributed by atoms with Gasteiger partial charge < -0.3 is 15.2 Å². The van der Waals surface area contributed by atoms with Crippen molar-refractivity contribution < 1.29 is 18.3 Å². The van der Waals surface area contributed by atoms with Crippen LogP contribution in [0.5, 0.6) is 5.75 Å². The van der Waals surface area contributed by atoms with Gasteiger partial charge in [0.05, 0.1) is 11.0 Å². The van der Waals surface area contributed by atoms with Crippen molar-refractivity contribution in [2.75, 3.05) is 19.7 Å². The lowest BCUT2D eigenvalue weighted by atomic mass is 10.1. The molecule has 0 spiro atoms. The third-order valence-corrected chi connectivity index (χ3v) is 5.18. The predicted octanol–water partition coefficient (Wildman–Crippen LogP) is 2.33. The molecule has 27 heavy (non-hydrogen) atoms. The van der Waals surface area contributed by atoms with Crippen molar-refractivity contribution in [1.82, 2.24) is 5.32 Å². The van der Waals surface area contributed by atoms with Crippen LogP contribution in [0.3, 0.4) is 0 Å². The monoisotopic (exact) mass is 414 g/mol. The molecule has 2 aromatic rings. The summed E-state index contributed by atoms with van der Waals surface area (Å²) in [5.41, 5.74) is 2.21. The van der Waals surface area contributed by atoms with Gasteiger partial charge in [-0.15, -0.1) is 12.4 Å². The van der Waals surface area contributed by atoms with Gasteiger partial charge in [-0.1, -0.05) is 37.3 Å². The SMILES string of the molecule is CCc1ccccc1OCCNCC(O)c1ccc(C)c(S(N)(=O)=O)c1.Cl. The van der Waals surface area contributed by atoms with E-state index >= 15 is 0 Å². The Labute approximate surface area is 167 Å². The van der Waals surface area contributed by atoms with Gasteiger partial charge in [0.2, 0.25) is 10.0 Å². The molecule has 0 aromatic heterocycles. The lowest BCUT2D eigenvalue weighted by Gasteiger charge is -2.15. The molecule has 0 saturated heterocycles. The van der Waals surface area contributed by atoms with Crippen LogP contribution in [-0.4, -0.2) is 33.2 Å². The van der Waals surface area contributed by atoms with Gasteiger partial charge in [-0.25, -0.2) is 13.6 Å². The fourth-order valence-corrected chi connectivity index (χ4v) is 3.47. The average Bonchev–Trinajstić information content (AvgIpc) is 2.61. The molecule has 6 nitrogen and oxygen atoms in total. The molecule has 1 atom stereocenters. The highest BCUT2D eigenvalue weighted by molar-refractivity contribution is 7.89. The smallest absolute Gasteiger partial charge is 0.238 e. The van der Waals surface area contributed by atoms with Gasteiger partial charge in [0.25, 0.3) is 0 Å². The summed E-state index contributed by atoms with van der Waals surface area (Å²) < 4.78 is 28.9. The maximum Gasteiger partial charge on any atom is 0.238 e. The zero-order chi connectivity index (χ0) is 19.2. The normalized spacial score (nSPS) is 12.3. The van der Waals surface area contributed by atoms with E-state index in [4.69, 9.17) is 9.88 Å². The topological polar surface area (TPSA) is 102 Å². The molecule has 0 fully saturated rings. The van der Waals surface area contributed by atoms with E-state index in [0.29, 0.717) is 24.3 Å². The van der Waals surface area contributed by atoms with Crippen molar-refractivity contribution in [2.45, 2.75) is 31.3 Å². The number of ether oxygens (including phenoxy) is 1. The van der Waals surface area contributed by atoms with Crippen LogP contribution in [0.15, 0.2) is 47.4 Å². The highest BCUT2D eigenvalue weighted by Gasteiger charge is 2.15. The van der Waals surface area contributed by atoms with Crippen molar-refractivity contribution in [2.24, 2.45) is 5.14 Å². The maximum absolute atomic E-state index is 11.6. The van der Waals surface area contributed by atoms with Crippen LogP contribution >= 0.6 is 12.4 Å². The van der Waals surface area contributed by atoms with E-state index in [-0.39, 0.29) is 23.8 Å². The molecule has 4 N–H and O–H groups in total. The summed E-state index contributed by atoms with van der Waals surface area (Å²) >= 11 is 0. The summed E-state index contributed by atoms with van der Waals surface area (Å²) in [5.74, 6) is 0.869. The number of hydrogen-bond donors (Lipinski definition) is 3. The molecular weight excluding hydrogens is 388 g/mol. The maximum atomic E-state index is 11.6. The number of sulfonamides is 1. The first-order valence-electron chi connectivity index (χ1n) is 8.55. The highest BCUT2D eigenvalue weighted by Crippen LogP contribution is 2.20. The van der Waals surface area contributed by atoms with Crippen molar-refractivity contribution in [1.29, 1.82) is 0 Å². The summed E-state index contributed by atoms with van der Waals surface area (Å²) in [7, 11) is -3.81. The fourth-order valence-electron chi connectivity index (χ4n) is 2.66. The lowest BCUT2D eigenvalue weighted by Crippen LogP contribution is -2.26. The molecule has 0 bridgehead atoms. The zero-order valence-corrected chi connectivity index (χ0v) is 17.1. The minimum absolute atomic E-state index is 0. The Morgan fingerprint density at radius 3 is 2.59 bits per heavy atom. The molecule has 0 aliphatic rings. The third-order valence-electron chi connectivity index (χ3n) is 4.13. The summed E-state index contributed by atoms with van der Waals surface area (Å²) in [6.45, 7) is 5.06. The Morgan fingerprint density at radius 2 is 1.93 bits per heavy atom. The molecule has 150 valence electrons. The first-order valence-corrected chi connectivity index (χ1v) is 10.1. The minimum atomic E-state index is -3.81. The van der Waals surface area contributed by atoms with Gasteiger partial charge in [0, 0.05) is 13.1 Å². The van der Waals surface area contributed by atoms with E-state index in [9.17, 15) is 13.5 Å². The number of primary sulfonamides is 1. The van der Waals surface area contributed by atoms with Crippen molar-refractivity contribution in [3.8, 4) is 5.75 Å². The van der Waals surface area contributed by atoms with Crippen molar-refractivity contribution >= 4 is 22.4 Å². The molecule has 0 heterocycles. The van der Waals surface area contributed by atoms with Crippen LogP contribution in [0.25, 0.3) is 0 Å². The Kier molecular flexibility index (Phi) is 9.21. The molecule has 8 heteroatoms. The molecule has 0 radical (unpaired) electrons.